The third kappa shape index (κ3) is 4.30. The number of benzene rings is 1. The molecule has 0 bridgehead atoms. The maximum atomic E-state index is 5.99. The molecule has 0 aromatic heterocycles. The predicted octanol–water partition coefficient (Wildman–Crippen LogP) is 4.52. The first-order valence-corrected chi connectivity index (χ1v) is 10.0. The van der Waals surface area contributed by atoms with Crippen LogP contribution in [-0.4, -0.2) is 27.8 Å². The van der Waals surface area contributed by atoms with E-state index in [4.69, 9.17) is 18.0 Å². The van der Waals surface area contributed by atoms with Gasteiger partial charge in [-0.1, -0.05) is 38.6 Å². The normalized spacial score (nSPS) is 21.4. The largest absolute Gasteiger partial charge is 0.389 e. The first kappa shape index (κ1) is 17.0. The second-order valence-electron chi connectivity index (χ2n) is 5.15. The first-order chi connectivity index (χ1) is 10.2. The minimum atomic E-state index is 0.492. The van der Waals surface area contributed by atoms with Gasteiger partial charge < -0.3 is 11.1 Å². The van der Waals surface area contributed by atoms with E-state index in [-0.39, 0.29) is 0 Å². The van der Waals surface area contributed by atoms with Gasteiger partial charge in [-0.3, -0.25) is 0 Å². The fourth-order valence-corrected chi connectivity index (χ4v) is 5.22. The molecule has 0 amide bonds. The van der Waals surface area contributed by atoms with Gasteiger partial charge in [0.1, 0.15) is 4.99 Å². The number of anilines is 1. The van der Waals surface area contributed by atoms with Crippen LogP contribution >= 0.6 is 35.7 Å². The van der Waals surface area contributed by atoms with Crippen molar-refractivity contribution in [3.63, 3.8) is 0 Å². The highest BCUT2D eigenvalue weighted by Crippen LogP contribution is 2.35. The van der Waals surface area contributed by atoms with E-state index in [9.17, 15) is 0 Å². The Bertz CT molecular complexity index is 490. The van der Waals surface area contributed by atoms with Gasteiger partial charge in [0.05, 0.1) is 0 Å². The molecule has 0 heterocycles. The highest BCUT2D eigenvalue weighted by atomic mass is 32.2. The van der Waals surface area contributed by atoms with Gasteiger partial charge in [0.25, 0.3) is 0 Å². The van der Waals surface area contributed by atoms with E-state index in [0.29, 0.717) is 16.3 Å². The zero-order valence-electron chi connectivity index (χ0n) is 12.7. The standard InChI is InChI=1S/C16H24N2S3/c1-3-20-13-9-5-7-11(13)18-12-8-6-10-14(21-4-2)15(12)16(17)19/h6,8,10-11,13,18H,3-5,7,9H2,1-2H3,(H2,17,19). The maximum absolute atomic E-state index is 5.99. The van der Waals surface area contributed by atoms with Crippen molar-refractivity contribution in [2.45, 2.75) is 49.3 Å². The first-order valence-electron chi connectivity index (χ1n) is 7.61. The molecule has 5 heteroatoms. The number of hydrogen-bond acceptors (Lipinski definition) is 4. The van der Waals surface area contributed by atoms with Crippen molar-refractivity contribution >= 4 is 46.4 Å². The Labute approximate surface area is 142 Å². The van der Waals surface area contributed by atoms with Crippen molar-refractivity contribution in [2.24, 2.45) is 5.73 Å². The summed E-state index contributed by atoms with van der Waals surface area (Å²) in [6.07, 6.45) is 3.85. The number of rotatable bonds is 7. The highest BCUT2D eigenvalue weighted by molar-refractivity contribution is 8.00. The van der Waals surface area contributed by atoms with E-state index in [2.05, 4.69) is 49.1 Å². The molecule has 2 nitrogen and oxygen atoms in total. The van der Waals surface area contributed by atoms with Gasteiger partial charge in [-0.25, -0.2) is 0 Å². The van der Waals surface area contributed by atoms with Crippen molar-refractivity contribution in [3.8, 4) is 0 Å². The minimum absolute atomic E-state index is 0.492. The third-order valence-electron chi connectivity index (χ3n) is 3.75. The van der Waals surface area contributed by atoms with E-state index >= 15 is 0 Å². The van der Waals surface area contributed by atoms with Gasteiger partial charge in [-0.05, 0) is 36.5 Å². The zero-order valence-corrected chi connectivity index (χ0v) is 15.2. The molecule has 1 saturated carbocycles. The van der Waals surface area contributed by atoms with E-state index < -0.39 is 0 Å². The summed E-state index contributed by atoms with van der Waals surface area (Å²) in [5, 5.41) is 4.43. The Kier molecular flexibility index (Phi) is 6.71. The van der Waals surface area contributed by atoms with Crippen LogP contribution in [-0.2, 0) is 0 Å². The third-order valence-corrected chi connectivity index (χ3v) is 6.22. The van der Waals surface area contributed by atoms with Crippen LogP contribution in [0.5, 0.6) is 0 Å². The number of hydrogen-bond donors (Lipinski definition) is 2. The summed E-state index contributed by atoms with van der Waals surface area (Å²) >= 11 is 9.16. The summed E-state index contributed by atoms with van der Waals surface area (Å²) in [7, 11) is 0. The zero-order chi connectivity index (χ0) is 15.2. The molecule has 1 aromatic rings. The summed E-state index contributed by atoms with van der Waals surface area (Å²) in [5.74, 6) is 2.20. The van der Waals surface area contributed by atoms with Crippen LogP contribution in [0.25, 0.3) is 0 Å². The van der Waals surface area contributed by atoms with E-state index in [1.165, 1.54) is 29.9 Å². The average molecular weight is 341 g/mol. The number of nitrogens with two attached hydrogens (primary N) is 1. The van der Waals surface area contributed by atoms with Gasteiger partial charge in [0, 0.05) is 27.4 Å². The molecule has 1 aliphatic carbocycles. The number of thiocarbonyl (C=S) groups is 1. The second kappa shape index (κ2) is 8.30. The molecular formula is C16H24N2S3. The minimum Gasteiger partial charge on any atom is -0.389 e. The van der Waals surface area contributed by atoms with Crippen LogP contribution in [0.4, 0.5) is 5.69 Å². The van der Waals surface area contributed by atoms with Crippen LogP contribution in [0.3, 0.4) is 0 Å². The number of thioether (sulfide) groups is 2. The molecule has 0 aliphatic heterocycles. The van der Waals surface area contributed by atoms with E-state index in [1.54, 1.807) is 11.8 Å². The molecule has 0 saturated heterocycles. The lowest BCUT2D eigenvalue weighted by molar-refractivity contribution is 0.767. The SMILES string of the molecule is CCSc1cccc(NC2CCCC2SCC)c1C(N)=S. The Morgan fingerprint density at radius 2 is 2.14 bits per heavy atom. The van der Waals surface area contributed by atoms with Gasteiger partial charge in [-0.2, -0.15) is 11.8 Å². The van der Waals surface area contributed by atoms with Crippen LogP contribution in [0.2, 0.25) is 0 Å². The average Bonchev–Trinajstić information content (AvgIpc) is 2.87. The van der Waals surface area contributed by atoms with Gasteiger partial charge >= 0.3 is 0 Å². The lowest BCUT2D eigenvalue weighted by Gasteiger charge is -2.23. The van der Waals surface area contributed by atoms with E-state index in [0.717, 1.165) is 17.0 Å². The molecule has 1 fully saturated rings. The van der Waals surface area contributed by atoms with Crippen molar-refractivity contribution < 1.29 is 0 Å². The fraction of sp³-hybridized carbons (Fsp3) is 0.562. The summed E-state index contributed by atoms with van der Waals surface area (Å²) in [6.45, 7) is 4.39. The monoisotopic (exact) mass is 340 g/mol. The van der Waals surface area contributed by atoms with Gasteiger partial charge in [-0.15, -0.1) is 11.8 Å². The summed E-state index contributed by atoms with van der Waals surface area (Å²) in [4.78, 5) is 1.68. The fourth-order valence-electron chi connectivity index (χ4n) is 2.89. The van der Waals surface area contributed by atoms with Crippen molar-refractivity contribution in [2.75, 3.05) is 16.8 Å². The summed E-state index contributed by atoms with van der Waals surface area (Å²) in [6, 6.07) is 6.85. The Balaban J connectivity index is 2.22. The van der Waals surface area contributed by atoms with Gasteiger partial charge in [0.15, 0.2) is 0 Å². The molecule has 1 aromatic carbocycles. The quantitative estimate of drug-likeness (QED) is 0.564. The molecule has 116 valence electrons. The van der Waals surface area contributed by atoms with Crippen LogP contribution in [0.1, 0.15) is 38.7 Å². The Morgan fingerprint density at radius 3 is 2.81 bits per heavy atom. The number of nitrogens with one attached hydrogen (secondary N) is 1. The molecule has 3 N–H and O–H groups in total. The predicted molar refractivity (Wildman–Crippen MR) is 102 cm³/mol. The topological polar surface area (TPSA) is 38.0 Å². The molecule has 2 rings (SSSR count). The summed E-state index contributed by atoms with van der Waals surface area (Å²) < 4.78 is 0. The molecular weight excluding hydrogens is 316 g/mol. The lowest BCUT2D eigenvalue weighted by atomic mass is 10.1. The smallest absolute Gasteiger partial charge is 0.107 e. The Morgan fingerprint density at radius 1 is 1.33 bits per heavy atom. The highest BCUT2D eigenvalue weighted by Gasteiger charge is 2.28. The van der Waals surface area contributed by atoms with Crippen molar-refractivity contribution in [1.29, 1.82) is 0 Å². The van der Waals surface area contributed by atoms with Crippen molar-refractivity contribution in [1.82, 2.24) is 0 Å². The second-order valence-corrected chi connectivity index (χ2v) is 8.41. The van der Waals surface area contributed by atoms with E-state index in [1.807, 2.05) is 0 Å². The molecule has 2 unspecified atom stereocenters. The molecule has 1 aliphatic rings. The Hall–Kier alpha value is -0.390. The molecule has 0 spiro atoms. The van der Waals surface area contributed by atoms with Crippen LogP contribution < -0.4 is 11.1 Å². The molecule has 2 atom stereocenters. The van der Waals surface area contributed by atoms with Crippen LogP contribution in [0.15, 0.2) is 23.1 Å². The molecule has 21 heavy (non-hydrogen) atoms. The summed E-state index contributed by atoms with van der Waals surface area (Å²) in [5.41, 5.74) is 8.11. The van der Waals surface area contributed by atoms with Crippen LogP contribution in [0, 0.1) is 0 Å². The lowest BCUT2D eigenvalue weighted by Crippen LogP contribution is -2.28. The maximum Gasteiger partial charge on any atom is 0.107 e. The van der Waals surface area contributed by atoms with Crippen molar-refractivity contribution in [3.05, 3.63) is 23.8 Å². The molecule has 0 radical (unpaired) electrons. The van der Waals surface area contributed by atoms with Gasteiger partial charge in [0.2, 0.25) is 0 Å².